The molecule has 1 rings (SSSR count). The lowest BCUT2D eigenvalue weighted by Gasteiger charge is -2.11. The van der Waals surface area contributed by atoms with E-state index in [2.05, 4.69) is 10.0 Å². The zero-order valence-electron chi connectivity index (χ0n) is 12.1. The van der Waals surface area contributed by atoms with Gasteiger partial charge >= 0.3 is 0 Å². The highest BCUT2D eigenvalue weighted by Gasteiger charge is 2.22. The number of benzene rings is 1. The van der Waals surface area contributed by atoms with E-state index >= 15 is 0 Å². The normalized spacial score (nSPS) is 11.8. The van der Waals surface area contributed by atoms with Gasteiger partial charge in [-0.05, 0) is 25.1 Å². The molecule has 120 valence electrons. The smallest absolute Gasteiger partial charge is 0.243 e. The first-order valence-electron chi connectivity index (χ1n) is 6.59. The number of halogens is 2. The fraction of sp³-hybridized carbons (Fsp3) is 0.538. The molecule has 0 saturated heterocycles. The number of sulfonamides is 1. The molecular formula is C13H20ClFN2O3S. The average Bonchev–Trinajstić information content (AvgIpc) is 2.44. The number of nitrogens with one attached hydrogen (secondary N) is 2. The van der Waals surface area contributed by atoms with Crippen LogP contribution < -0.4 is 10.0 Å². The lowest BCUT2D eigenvalue weighted by molar-refractivity contribution is 0.196. The Labute approximate surface area is 129 Å². The maximum atomic E-state index is 14.3. The summed E-state index contributed by atoms with van der Waals surface area (Å²) in [6.07, 6.45) is 0.502. The van der Waals surface area contributed by atoms with E-state index in [-0.39, 0.29) is 23.7 Å². The second-order valence-corrected chi connectivity index (χ2v) is 6.57. The van der Waals surface area contributed by atoms with Crippen LogP contribution in [0.4, 0.5) is 4.39 Å². The van der Waals surface area contributed by atoms with Crippen molar-refractivity contribution < 1.29 is 17.5 Å². The summed E-state index contributed by atoms with van der Waals surface area (Å²) >= 11 is 5.88. The van der Waals surface area contributed by atoms with E-state index in [9.17, 15) is 12.8 Å². The predicted octanol–water partition coefficient (Wildman–Crippen LogP) is 1.90. The fourth-order valence-corrected chi connectivity index (χ4v) is 3.23. The van der Waals surface area contributed by atoms with Crippen LogP contribution in [-0.2, 0) is 21.3 Å². The SMILES string of the molecule is CCNCc1cc(Cl)cc(S(=O)(=O)NCCCOC)c1F. The molecule has 0 spiro atoms. The van der Waals surface area contributed by atoms with Crippen LogP contribution in [0.15, 0.2) is 17.0 Å². The fourth-order valence-electron chi connectivity index (χ4n) is 1.70. The molecule has 0 aromatic heterocycles. The Morgan fingerprint density at radius 2 is 2.10 bits per heavy atom. The topological polar surface area (TPSA) is 67.4 Å². The number of ether oxygens (including phenoxy) is 1. The summed E-state index contributed by atoms with van der Waals surface area (Å²) in [4.78, 5) is -0.430. The van der Waals surface area contributed by atoms with Gasteiger partial charge in [-0.15, -0.1) is 0 Å². The maximum absolute atomic E-state index is 14.3. The molecular weight excluding hydrogens is 319 g/mol. The second kappa shape index (κ2) is 8.65. The Hall–Kier alpha value is -0.730. The molecule has 2 N–H and O–H groups in total. The number of hydrogen-bond acceptors (Lipinski definition) is 4. The third kappa shape index (κ3) is 5.52. The molecule has 1 aromatic carbocycles. The van der Waals surface area contributed by atoms with E-state index in [0.29, 0.717) is 19.6 Å². The molecule has 5 nitrogen and oxygen atoms in total. The third-order valence-electron chi connectivity index (χ3n) is 2.75. The van der Waals surface area contributed by atoms with Crippen molar-refractivity contribution in [2.75, 3.05) is 26.8 Å². The third-order valence-corrected chi connectivity index (χ3v) is 4.43. The minimum Gasteiger partial charge on any atom is -0.385 e. The van der Waals surface area contributed by atoms with Gasteiger partial charge in [0.25, 0.3) is 0 Å². The van der Waals surface area contributed by atoms with Crippen molar-refractivity contribution in [3.05, 3.63) is 28.5 Å². The van der Waals surface area contributed by atoms with E-state index in [1.165, 1.54) is 13.2 Å². The van der Waals surface area contributed by atoms with E-state index in [1.807, 2.05) is 6.92 Å². The van der Waals surface area contributed by atoms with Crippen molar-refractivity contribution >= 4 is 21.6 Å². The Balaban J connectivity index is 2.97. The van der Waals surface area contributed by atoms with Crippen molar-refractivity contribution in [3.8, 4) is 0 Å². The van der Waals surface area contributed by atoms with Gasteiger partial charge in [0.1, 0.15) is 10.7 Å². The Morgan fingerprint density at radius 1 is 1.38 bits per heavy atom. The molecule has 0 radical (unpaired) electrons. The van der Waals surface area contributed by atoms with Crippen LogP contribution >= 0.6 is 11.6 Å². The van der Waals surface area contributed by atoms with Gasteiger partial charge in [0.2, 0.25) is 10.0 Å². The molecule has 0 amide bonds. The van der Waals surface area contributed by atoms with Crippen LogP contribution in [-0.4, -0.2) is 35.2 Å². The molecule has 0 aliphatic carbocycles. The van der Waals surface area contributed by atoms with Crippen LogP contribution in [0.2, 0.25) is 5.02 Å². The maximum Gasteiger partial charge on any atom is 0.243 e. The van der Waals surface area contributed by atoms with Crippen molar-refractivity contribution in [2.24, 2.45) is 0 Å². The summed E-state index contributed by atoms with van der Waals surface area (Å²) in [7, 11) is -2.41. The summed E-state index contributed by atoms with van der Waals surface area (Å²) in [6, 6.07) is 2.54. The highest BCUT2D eigenvalue weighted by molar-refractivity contribution is 7.89. The number of methoxy groups -OCH3 is 1. The molecule has 8 heteroatoms. The molecule has 0 fully saturated rings. The monoisotopic (exact) mass is 338 g/mol. The van der Waals surface area contributed by atoms with Gasteiger partial charge in [0.05, 0.1) is 0 Å². The summed E-state index contributed by atoms with van der Waals surface area (Å²) in [5.41, 5.74) is 0.224. The van der Waals surface area contributed by atoms with Crippen LogP contribution in [0.1, 0.15) is 18.9 Å². The molecule has 0 aliphatic heterocycles. The van der Waals surface area contributed by atoms with Crippen LogP contribution in [0, 0.1) is 5.82 Å². The first-order valence-corrected chi connectivity index (χ1v) is 8.45. The first kappa shape index (κ1) is 18.3. The summed E-state index contributed by atoms with van der Waals surface area (Å²) in [6.45, 7) is 3.33. The quantitative estimate of drug-likeness (QED) is 0.675. The minimum absolute atomic E-state index is 0.171. The molecule has 0 bridgehead atoms. The van der Waals surface area contributed by atoms with Crippen molar-refractivity contribution in [2.45, 2.75) is 24.8 Å². The molecule has 21 heavy (non-hydrogen) atoms. The minimum atomic E-state index is -3.93. The zero-order valence-corrected chi connectivity index (χ0v) is 13.7. The predicted molar refractivity (Wildman–Crippen MR) is 80.5 cm³/mol. The van der Waals surface area contributed by atoms with Gasteiger partial charge in [0.15, 0.2) is 0 Å². The molecule has 0 unspecified atom stereocenters. The molecule has 0 heterocycles. The molecule has 1 aromatic rings. The lowest BCUT2D eigenvalue weighted by atomic mass is 10.2. The number of rotatable bonds is 9. The highest BCUT2D eigenvalue weighted by Crippen LogP contribution is 2.23. The van der Waals surface area contributed by atoms with Crippen LogP contribution in [0.5, 0.6) is 0 Å². The van der Waals surface area contributed by atoms with Crippen molar-refractivity contribution in [3.63, 3.8) is 0 Å². The average molecular weight is 339 g/mol. The first-order chi connectivity index (χ1) is 9.92. The van der Waals surface area contributed by atoms with Gasteiger partial charge in [-0.2, -0.15) is 0 Å². The summed E-state index contributed by atoms with van der Waals surface area (Å²) < 4.78 is 45.7. The van der Waals surface area contributed by atoms with Gasteiger partial charge in [-0.25, -0.2) is 17.5 Å². The summed E-state index contributed by atoms with van der Waals surface area (Å²) in [5, 5.41) is 3.12. The zero-order chi connectivity index (χ0) is 15.9. The van der Waals surface area contributed by atoms with Gasteiger partial charge in [-0.1, -0.05) is 18.5 Å². The Morgan fingerprint density at radius 3 is 2.71 bits per heavy atom. The van der Waals surface area contributed by atoms with Crippen molar-refractivity contribution in [1.29, 1.82) is 0 Å². The van der Waals surface area contributed by atoms with Crippen LogP contribution in [0.3, 0.4) is 0 Å². The Bertz CT molecular complexity index is 567. The van der Waals surface area contributed by atoms with Gasteiger partial charge in [0, 0.05) is 37.4 Å². The molecule has 0 aliphatic rings. The van der Waals surface area contributed by atoms with Crippen molar-refractivity contribution in [1.82, 2.24) is 10.0 Å². The van der Waals surface area contributed by atoms with E-state index in [1.54, 1.807) is 0 Å². The lowest BCUT2D eigenvalue weighted by Crippen LogP contribution is -2.27. The van der Waals surface area contributed by atoms with E-state index < -0.39 is 20.7 Å². The Kier molecular flexibility index (Phi) is 7.55. The molecule has 0 atom stereocenters. The highest BCUT2D eigenvalue weighted by atomic mass is 35.5. The van der Waals surface area contributed by atoms with E-state index in [0.717, 1.165) is 6.07 Å². The largest absolute Gasteiger partial charge is 0.385 e. The van der Waals surface area contributed by atoms with Crippen LogP contribution in [0.25, 0.3) is 0 Å². The number of hydrogen-bond donors (Lipinski definition) is 2. The standard InChI is InChI=1S/C13H20ClFN2O3S/c1-3-16-9-10-7-11(14)8-12(13(10)15)21(18,19)17-5-4-6-20-2/h7-8,16-17H,3-6,9H2,1-2H3. The van der Waals surface area contributed by atoms with Gasteiger partial charge in [-0.3, -0.25) is 0 Å². The molecule has 0 saturated carbocycles. The summed E-state index contributed by atoms with van der Waals surface area (Å²) in [5.74, 6) is -0.778. The van der Waals surface area contributed by atoms with Gasteiger partial charge < -0.3 is 10.1 Å². The second-order valence-electron chi connectivity index (χ2n) is 4.40. The van der Waals surface area contributed by atoms with E-state index in [4.69, 9.17) is 16.3 Å².